The number of rotatable bonds is 4. The molecular weight excluding hydrogens is 266 g/mol. The Morgan fingerprint density at radius 3 is 2.89 bits per heavy atom. The van der Waals surface area contributed by atoms with Crippen molar-refractivity contribution < 1.29 is 9.53 Å². The molecule has 1 heterocycles. The predicted molar refractivity (Wildman–Crippen MR) is 78.2 cm³/mol. The minimum Gasteiger partial charge on any atom is -0.465 e. The zero-order chi connectivity index (χ0) is 12.8. The molecular formula is C13H15NO2S2. The van der Waals surface area contributed by atoms with Gasteiger partial charge in [-0.3, -0.25) is 9.79 Å². The van der Waals surface area contributed by atoms with Gasteiger partial charge in [0.2, 0.25) is 0 Å². The van der Waals surface area contributed by atoms with Crippen LogP contribution in [0.5, 0.6) is 0 Å². The Morgan fingerprint density at radius 1 is 1.50 bits per heavy atom. The minimum absolute atomic E-state index is 0.191. The van der Waals surface area contributed by atoms with E-state index in [2.05, 4.69) is 4.99 Å². The van der Waals surface area contributed by atoms with Crippen molar-refractivity contribution >= 4 is 33.9 Å². The lowest BCUT2D eigenvalue weighted by atomic mass is 10.1. The molecule has 1 aromatic rings. The summed E-state index contributed by atoms with van der Waals surface area (Å²) >= 11 is 3.20. The second-order valence-electron chi connectivity index (χ2n) is 3.66. The van der Waals surface area contributed by atoms with Gasteiger partial charge in [-0.2, -0.15) is 0 Å². The maximum absolute atomic E-state index is 12.0. The molecule has 18 heavy (non-hydrogen) atoms. The van der Waals surface area contributed by atoms with E-state index in [9.17, 15) is 4.79 Å². The van der Waals surface area contributed by atoms with Gasteiger partial charge in [0.15, 0.2) is 0 Å². The van der Waals surface area contributed by atoms with Gasteiger partial charge in [-0.05, 0) is 12.5 Å². The largest absolute Gasteiger partial charge is 0.465 e. The van der Waals surface area contributed by atoms with Gasteiger partial charge < -0.3 is 4.74 Å². The molecule has 1 unspecified atom stereocenters. The molecule has 0 radical (unpaired) electrons. The summed E-state index contributed by atoms with van der Waals surface area (Å²) in [5, 5.41) is -0.310. The molecule has 1 aromatic carbocycles. The number of esters is 1. The van der Waals surface area contributed by atoms with Gasteiger partial charge in [0.25, 0.3) is 0 Å². The Kier molecular flexibility index (Phi) is 5.13. The van der Waals surface area contributed by atoms with Crippen molar-refractivity contribution in [2.45, 2.75) is 12.2 Å². The van der Waals surface area contributed by atoms with E-state index in [1.807, 2.05) is 37.3 Å². The number of carbonyl (C=O) groups excluding carboxylic acids is 1. The Hall–Kier alpha value is -0.940. The first-order valence-electron chi connectivity index (χ1n) is 5.86. The monoisotopic (exact) mass is 281 g/mol. The number of ether oxygens (including phenoxy) is 1. The standard InChI is InChI=1S/C13H15NO2S2/c1-2-16-12(15)11(10-6-4-3-5-7-10)18-13-14-8-9-17-13/h3-7,11H,2,8-9H2,1H3. The fraction of sp³-hybridized carbons (Fsp3) is 0.385. The van der Waals surface area contributed by atoms with E-state index < -0.39 is 0 Å². The van der Waals surface area contributed by atoms with Crippen molar-refractivity contribution in [1.29, 1.82) is 0 Å². The predicted octanol–water partition coefficient (Wildman–Crippen LogP) is 3.13. The molecule has 2 rings (SSSR count). The van der Waals surface area contributed by atoms with Gasteiger partial charge in [-0.15, -0.1) is 0 Å². The van der Waals surface area contributed by atoms with Crippen molar-refractivity contribution in [3.8, 4) is 0 Å². The van der Waals surface area contributed by atoms with Crippen LogP contribution in [-0.4, -0.2) is 29.2 Å². The van der Waals surface area contributed by atoms with Gasteiger partial charge in [0, 0.05) is 5.75 Å². The first-order chi connectivity index (χ1) is 8.81. The molecule has 1 aliphatic rings. The average Bonchev–Trinajstić information content (AvgIpc) is 2.90. The molecule has 1 atom stereocenters. The lowest BCUT2D eigenvalue weighted by molar-refractivity contribution is -0.142. The molecule has 0 amide bonds. The van der Waals surface area contributed by atoms with Gasteiger partial charge in [0.05, 0.1) is 13.2 Å². The van der Waals surface area contributed by atoms with Crippen LogP contribution in [0.4, 0.5) is 0 Å². The maximum atomic E-state index is 12.0. The van der Waals surface area contributed by atoms with Crippen LogP contribution in [0.1, 0.15) is 17.7 Å². The third-order valence-corrected chi connectivity index (χ3v) is 4.82. The zero-order valence-electron chi connectivity index (χ0n) is 10.2. The molecule has 1 aliphatic heterocycles. The number of thioether (sulfide) groups is 2. The highest BCUT2D eigenvalue weighted by molar-refractivity contribution is 8.39. The van der Waals surface area contributed by atoms with Gasteiger partial charge >= 0.3 is 5.97 Å². The lowest BCUT2D eigenvalue weighted by Crippen LogP contribution is -2.14. The molecule has 3 nitrogen and oxygen atoms in total. The molecule has 96 valence electrons. The molecule has 0 saturated heterocycles. The Balaban J connectivity index is 2.14. The number of nitrogens with zero attached hydrogens (tertiary/aromatic N) is 1. The lowest BCUT2D eigenvalue weighted by Gasteiger charge is -2.15. The van der Waals surface area contributed by atoms with Crippen LogP contribution in [0, 0.1) is 0 Å². The molecule has 0 bridgehead atoms. The number of aliphatic imine (C=N–C) groups is 1. The van der Waals surface area contributed by atoms with Crippen LogP contribution in [0.2, 0.25) is 0 Å². The SMILES string of the molecule is CCOC(=O)C(SC1=NCCS1)c1ccccc1. The summed E-state index contributed by atoms with van der Waals surface area (Å²) in [5.41, 5.74) is 0.969. The summed E-state index contributed by atoms with van der Waals surface area (Å²) in [4.78, 5) is 16.4. The van der Waals surface area contributed by atoms with Crippen LogP contribution < -0.4 is 0 Å². The topological polar surface area (TPSA) is 38.7 Å². The van der Waals surface area contributed by atoms with Crippen LogP contribution in [-0.2, 0) is 9.53 Å². The van der Waals surface area contributed by atoms with E-state index in [1.54, 1.807) is 11.8 Å². The summed E-state index contributed by atoms with van der Waals surface area (Å²) in [6.45, 7) is 3.08. The van der Waals surface area contributed by atoms with Crippen LogP contribution in [0.25, 0.3) is 0 Å². The first-order valence-corrected chi connectivity index (χ1v) is 7.73. The third kappa shape index (κ3) is 3.53. The van der Waals surface area contributed by atoms with E-state index in [0.717, 1.165) is 22.2 Å². The van der Waals surface area contributed by atoms with E-state index >= 15 is 0 Å². The highest BCUT2D eigenvalue weighted by atomic mass is 32.2. The van der Waals surface area contributed by atoms with E-state index in [-0.39, 0.29) is 11.2 Å². The van der Waals surface area contributed by atoms with Crippen LogP contribution in [0.3, 0.4) is 0 Å². The second kappa shape index (κ2) is 6.85. The quantitative estimate of drug-likeness (QED) is 0.795. The summed E-state index contributed by atoms with van der Waals surface area (Å²) in [7, 11) is 0. The Labute approximate surface area is 115 Å². The molecule has 0 saturated carbocycles. The number of hydrogen-bond acceptors (Lipinski definition) is 5. The highest BCUT2D eigenvalue weighted by Gasteiger charge is 2.25. The third-order valence-electron chi connectivity index (χ3n) is 2.38. The van der Waals surface area contributed by atoms with Crippen molar-refractivity contribution in [2.75, 3.05) is 18.9 Å². The summed E-state index contributed by atoms with van der Waals surface area (Å²) < 4.78 is 6.13. The van der Waals surface area contributed by atoms with Crippen molar-refractivity contribution in [2.24, 2.45) is 4.99 Å². The number of benzene rings is 1. The molecule has 0 spiro atoms. The molecule has 0 aromatic heterocycles. The zero-order valence-corrected chi connectivity index (χ0v) is 11.8. The van der Waals surface area contributed by atoms with Crippen molar-refractivity contribution in [1.82, 2.24) is 0 Å². The van der Waals surface area contributed by atoms with Crippen molar-refractivity contribution in [3.63, 3.8) is 0 Å². The Morgan fingerprint density at radius 2 is 2.28 bits per heavy atom. The molecule has 5 heteroatoms. The van der Waals surface area contributed by atoms with E-state index in [4.69, 9.17) is 4.74 Å². The van der Waals surface area contributed by atoms with Gasteiger partial charge in [0.1, 0.15) is 9.63 Å². The maximum Gasteiger partial charge on any atom is 0.324 e. The fourth-order valence-corrected chi connectivity index (χ4v) is 3.76. The normalized spacial score (nSPS) is 16.2. The fourth-order valence-electron chi connectivity index (χ4n) is 1.59. The first kappa shape index (κ1) is 13.5. The summed E-state index contributed by atoms with van der Waals surface area (Å²) in [6, 6.07) is 9.72. The molecule has 0 N–H and O–H groups in total. The van der Waals surface area contributed by atoms with Crippen LogP contribution >= 0.6 is 23.5 Å². The minimum atomic E-state index is -0.310. The summed E-state index contributed by atoms with van der Waals surface area (Å²) in [5.74, 6) is 0.816. The summed E-state index contributed by atoms with van der Waals surface area (Å²) in [6.07, 6.45) is 0. The average molecular weight is 281 g/mol. The van der Waals surface area contributed by atoms with E-state index in [0.29, 0.717) is 6.61 Å². The molecule has 0 fully saturated rings. The van der Waals surface area contributed by atoms with Crippen molar-refractivity contribution in [3.05, 3.63) is 35.9 Å². The van der Waals surface area contributed by atoms with E-state index in [1.165, 1.54) is 11.8 Å². The van der Waals surface area contributed by atoms with Gasteiger partial charge in [-0.1, -0.05) is 53.9 Å². The molecule has 0 aliphatic carbocycles. The highest BCUT2D eigenvalue weighted by Crippen LogP contribution is 2.36. The smallest absolute Gasteiger partial charge is 0.324 e. The van der Waals surface area contributed by atoms with Crippen LogP contribution in [0.15, 0.2) is 35.3 Å². The second-order valence-corrected chi connectivity index (χ2v) is 6.09. The van der Waals surface area contributed by atoms with Gasteiger partial charge in [-0.25, -0.2) is 0 Å². The Bertz CT molecular complexity index is 434. The number of hydrogen-bond donors (Lipinski definition) is 0. The number of carbonyl (C=O) groups is 1.